The number of thioether (sulfide) groups is 1. The fourth-order valence-corrected chi connectivity index (χ4v) is 3.12. The summed E-state index contributed by atoms with van der Waals surface area (Å²) in [6.07, 6.45) is 5.35. The van der Waals surface area contributed by atoms with Gasteiger partial charge in [-0.05, 0) is 30.7 Å². The van der Waals surface area contributed by atoms with Gasteiger partial charge in [0.1, 0.15) is 18.3 Å². The first-order chi connectivity index (χ1) is 12.1. The van der Waals surface area contributed by atoms with Crippen molar-refractivity contribution in [3.05, 3.63) is 22.7 Å². The standard InChI is InChI=1S/C15H15FN6O2S/c16-3-4-17-11-6-12(19-9-1-2-9)22-13(20-11)8(7-18-22)5-10-14(23)21-15(24)25-10/h5-7,9,19H,1-4H2,(H,17,20)(H,21,23,24)/b10-5+. The van der Waals surface area contributed by atoms with Gasteiger partial charge >= 0.3 is 0 Å². The van der Waals surface area contributed by atoms with Gasteiger partial charge in [-0.15, -0.1) is 0 Å². The van der Waals surface area contributed by atoms with Crippen molar-refractivity contribution in [3.63, 3.8) is 0 Å². The Labute approximate surface area is 146 Å². The van der Waals surface area contributed by atoms with E-state index in [1.165, 1.54) is 0 Å². The van der Waals surface area contributed by atoms with Crippen molar-refractivity contribution in [1.82, 2.24) is 19.9 Å². The molecule has 3 heterocycles. The van der Waals surface area contributed by atoms with E-state index in [0.717, 1.165) is 30.4 Å². The fraction of sp³-hybridized carbons (Fsp3) is 0.333. The van der Waals surface area contributed by atoms with Crippen LogP contribution in [0.3, 0.4) is 0 Å². The number of hydrogen-bond donors (Lipinski definition) is 3. The van der Waals surface area contributed by atoms with Crippen molar-refractivity contribution in [2.45, 2.75) is 18.9 Å². The summed E-state index contributed by atoms with van der Waals surface area (Å²) >= 11 is 0.839. The van der Waals surface area contributed by atoms with Crippen LogP contribution >= 0.6 is 11.8 Å². The van der Waals surface area contributed by atoms with Crippen LogP contribution in [0.5, 0.6) is 0 Å². The van der Waals surface area contributed by atoms with E-state index in [1.807, 2.05) is 0 Å². The van der Waals surface area contributed by atoms with Gasteiger partial charge in [-0.3, -0.25) is 14.9 Å². The van der Waals surface area contributed by atoms with E-state index >= 15 is 0 Å². The van der Waals surface area contributed by atoms with Crippen LogP contribution in [0.25, 0.3) is 11.7 Å². The molecule has 2 amide bonds. The smallest absolute Gasteiger partial charge is 0.290 e. The topological polar surface area (TPSA) is 100 Å². The predicted molar refractivity (Wildman–Crippen MR) is 93.2 cm³/mol. The number of anilines is 2. The minimum absolute atomic E-state index is 0.156. The average Bonchev–Trinajstić information content (AvgIpc) is 3.22. The number of fused-ring (bicyclic) bond motifs is 1. The van der Waals surface area contributed by atoms with Crippen molar-refractivity contribution >= 4 is 46.3 Å². The van der Waals surface area contributed by atoms with Crippen molar-refractivity contribution in [2.75, 3.05) is 23.9 Å². The lowest BCUT2D eigenvalue weighted by Crippen LogP contribution is -2.17. The summed E-state index contributed by atoms with van der Waals surface area (Å²) in [5.41, 5.74) is 1.13. The molecule has 0 radical (unpaired) electrons. The highest BCUT2D eigenvalue weighted by atomic mass is 32.2. The lowest BCUT2D eigenvalue weighted by Gasteiger charge is -2.10. The largest absolute Gasteiger partial charge is 0.367 e. The lowest BCUT2D eigenvalue weighted by atomic mass is 10.3. The third-order valence-corrected chi connectivity index (χ3v) is 4.57. The van der Waals surface area contributed by atoms with Gasteiger partial charge in [-0.2, -0.15) is 9.61 Å². The predicted octanol–water partition coefficient (Wildman–Crippen LogP) is 2.01. The lowest BCUT2D eigenvalue weighted by molar-refractivity contribution is -0.115. The van der Waals surface area contributed by atoms with Gasteiger partial charge in [-0.1, -0.05) is 0 Å². The molecule has 0 bridgehead atoms. The Morgan fingerprint density at radius 3 is 2.96 bits per heavy atom. The van der Waals surface area contributed by atoms with Crippen LogP contribution in [0, 0.1) is 0 Å². The molecule has 0 atom stereocenters. The second kappa shape index (κ2) is 6.36. The van der Waals surface area contributed by atoms with Gasteiger partial charge in [0.15, 0.2) is 5.65 Å². The number of rotatable bonds is 6. The van der Waals surface area contributed by atoms with Crippen LogP contribution in [0.15, 0.2) is 17.2 Å². The highest BCUT2D eigenvalue weighted by Gasteiger charge is 2.26. The zero-order chi connectivity index (χ0) is 17.4. The number of nitrogens with zero attached hydrogens (tertiary/aromatic N) is 3. The average molecular weight is 362 g/mol. The Morgan fingerprint density at radius 1 is 1.44 bits per heavy atom. The SMILES string of the molecule is O=C1NC(=O)/C(=C\c2cnn3c(NC4CC4)cc(NCCF)nc23)S1. The number of carbonyl (C=O) groups excluding carboxylic acids is 2. The second-order valence-corrected chi connectivity index (χ2v) is 6.76. The van der Waals surface area contributed by atoms with Crippen molar-refractivity contribution in [1.29, 1.82) is 0 Å². The zero-order valence-electron chi connectivity index (χ0n) is 13.1. The Balaban J connectivity index is 1.75. The summed E-state index contributed by atoms with van der Waals surface area (Å²) in [7, 11) is 0. The number of halogens is 1. The van der Waals surface area contributed by atoms with Crippen molar-refractivity contribution in [3.8, 4) is 0 Å². The zero-order valence-corrected chi connectivity index (χ0v) is 13.9. The van der Waals surface area contributed by atoms with Crippen LogP contribution in [-0.2, 0) is 4.79 Å². The number of amides is 2. The third kappa shape index (κ3) is 3.29. The van der Waals surface area contributed by atoms with E-state index in [-0.39, 0.29) is 6.54 Å². The number of hydrogen-bond acceptors (Lipinski definition) is 7. The number of imide groups is 1. The molecule has 25 heavy (non-hydrogen) atoms. The maximum absolute atomic E-state index is 12.5. The molecule has 2 aliphatic rings. The summed E-state index contributed by atoms with van der Waals surface area (Å²) in [5, 5.41) is 12.4. The van der Waals surface area contributed by atoms with Crippen LogP contribution in [0.1, 0.15) is 18.4 Å². The Bertz CT molecular complexity index is 892. The van der Waals surface area contributed by atoms with Gasteiger partial charge in [0.2, 0.25) is 0 Å². The van der Waals surface area contributed by atoms with Gasteiger partial charge in [-0.25, -0.2) is 9.37 Å². The number of aromatic nitrogens is 3. The van der Waals surface area contributed by atoms with Crippen LogP contribution in [-0.4, -0.2) is 45.0 Å². The number of carbonyl (C=O) groups is 2. The Hall–Kier alpha value is -2.62. The van der Waals surface area contributed by atoms with Crippen LogP contribution in [0.2, 0.25) is 0 Å². The van der Waals surface area contributed by atoms with Crippen LogP contribution < -0.4 is 16.0 Å². The minimum Gasteiger partial charge on any atom is -0.367 e. The van der Waals surface area contributed by atoms with Crippen molar-refractivity contribution in [2.24, 2.45) is 0 Å². The third-order valence-electron chi connectivity index (χ3n) is 3.76. The van der Waals surface area contributed by atoms with Gasteiger partial charge in [0.25, 0.3) is 11.1 Å². The van der Waals surface area contributed by atoms with E-state index in [9.17, 15) is 14.0 Å². The molecule has 1 aliphatic carbocycles. The molecule has 2 fully saturated rings. The molecule has 1 saturated heterocycles. The molecular weight excluding hydrogens is 347 g/mol. The second-order valence-electron chi connectivity index (χ2n) is 5.75. The maximum atomic E-state index is 12.5. The Morgan fingerprint density at radius 2 is 2.28 bits per heavy atom. The first-order valence-corrected chi connectivity index (χ1v) is 8.65. The molecule has 1 saturated carbocycles. The molecule has 8 nitrogen and oxygen atoms in total. The highest BCUT2D eigenvalue weighted by molar-refractivity contribution is 8.18. The molecule has 2 aromatic rings. The van der Waals surface area contributed by atoms with E-state index in [4.69, 9.17) is 0 Å². The van der Waals surface area contributed by atoms with E-state index in [0.29, 0.717) is 28.0 Å². The fourth-order valence-electron chi connectivity index (χ4n) is 2.45. The maximum Gasteiger partial charge on any atom is 0.290 e. The molecule has 4 rings (SSSR count). The number of alkyl halides is 1. The molecule has 0 unspecified atom stereocenters. The molecule has 3 N–H and O–H groups in total. The molecule has 2 aromatic heterocycles. The van der Waals surface area contributed by atoms with E-state index in [2.05, 4.69) is 26.0 Å². The van der Waals surface area contributed by atoms with Gasteiger partial charge in [0, 0.05) is 24.2 Å². The van der Waals surface area contributed by atoms with Crippen molar-refractivity contribution < 1.29 is 14.0 Å². The highest BCUT2D eigenvalue weighted by Crippen LogP contribution is 2.29. The van der Waals surface area contributed by atoms with E-state index in [1.54, 1.807) is 22.9 Å². The van der Waals surface area contributed by atoms with E-state index < -0.39 is 17.8 Å². The van der Waals surface area contributed by atoms with Gasteiger partial charge in [0.05, 0.1) is 11.1 Å². The normalized spacial score (nSPS) is 18.8. The Kier molecular flexibility index (Phi) is 4.04. The van der Waals surface area contributed by atoms with Gasteiger partial charge < -0.3 is 10.6 Å². The molecule has 130 valence electrons. The van der Waals surface area contributed by atoms with Crippen LogP contribution in [0.4, 0.5) is 20.8 Å². The molecule has 0 spiro atoms. The number of nitrogens with one attached hydrogen (secondary N) is 3. The summed E-state index contributed by atoms with van der Waals surface area (Å²) in [6, 6.07) is 2.19. The molecule has 1 aliphatic heterocycles. The summed E-state index contributed by atoms with van der Waals surface area (Å²) in [4.78, 5) is 27.8. The summed E-state index contributed by atoms with van der Waals surface area (Å²) in [6.45, 7) is -0.350. The quantitative estimate of drug-likeness (QED) is 0.676. The summed E-state index contributed by atoms with van der Waals surface area (Å²) < 4.78 is 14.1. The molecule has 10 heteroatoms. The first kappa shape index (κ1) is 15.9. The summed E-state index contributed by atoms with van der Waals surface area (Å²) in [5.74, 6) is 0.837. The first-order valence-electron chi connectivity index (χ1n) is 7.84. The molecular formula is C15H15FN6O2S. The monoisotopic (exact) mass is 362 g/mol. The molecule has 0 aromatic carbocycles. The minimum atomic E-state index is -0.507.